The Bertz CT molecular complexity index is 763. The molecule has 3 rings (SSSR count). The molecule has 0 amide bonds. The van der Waals surface area contributed by atoms with Crippen LogP contribution in [0.15, 0.2) is 64.0 Å². The normalized spacial score (nSPS) is 21.4. The number of rotatable bonds is 5. The Kier molecular flexibility index (Phi) is 5.58. The molecule has 1 aliphatic rings. The zero-order valence-corrected chi connectivity index (χ0v) is 15.7. The molecule has 1 aliphatic carbocycles. The molecule has 2 aromatic rings. The minimum Gasteiger partial charge on any atom is -0.381 e. The van der Waals surface area contributed by atoms with Gasteiger partial charge in [0, 0.05) is 22.2 Å². The fourth-order valence-corrected chi connectivity index (χ4v) is 4.67. The van der Waals surface area contributed by atoms with E-state index in [0.717, 1.165) is 35.8 Å². The van der Waals surface area contributed by atoms with Crippen LogP contribution in [-0.4, -0.2) is 20.5 Å². The van der Waals surface area contributed by atoms with Gasteiger partial charge < -0.3 is 5.32 Å². The van der Waals surface area contributed by atoms with Crippen LogP contribution in [0.2, 0.25) is 0 Å². The van der Waals surface area contributed by atoms with Crippen molar-refractivity contribution in [3.63, 3.8) is 0 Å². The highest BCUT2D eigenvalue weighted by atomic mass is 79.9. The number of nitrogens with one attached hydrogen (secondary N) is 2. The molecule has 0 heterocycles. The van der Waals surface area contributed by atoms with Gasteiger partial charge in [-0.1, -0.05) is 47.0 Å². The summed E-state index contributed by atoms with van der Waals surface area (Å²) in [7, 11) is -3.49. The summed E-state index contributed by atoms with van der Waals surface area (Å²) in [5, 5.41) is 3.48. The molecule has 2 atom stereocenters. The second-order valence-electron chi connectivity index (χ2n) is 6.08. The third-order valence-electron chi connectivity index (χ3n) is 4.32. The van der Waals surface area contributed by atoms with Crippen LogP contribution in [0.1, 0.15) is 25.7 Å². The summed E-state index contributed by atoms with van der Waals surface area (Å²) >= 11 is 3.43. The first-order chi connectivity index (χ1) is 11.5. The van der Waals surface area contributed by atoms with E-state index in [1.54, 1.807) is 24.3 Å². The zero-order chi connectivity index (χ0) is 17.0. The number of sulfonamides is 1. The largest absolute Gasteiger partial charge is 0.381 e. The predicted octanol–water partition coefficient (Wildman–Crippen LogP) is 4.15. The summed E-state index contributed by atoms with van der Waals surface area (Å²) in [6, 6.07) is 16.5. The van der Waals surface area contributed by atoms with E-state index in [2.05, 4.69) is 26.0 Å². The van der Waals surface area contributed by atoms with E-state index in [0.29, 0.717) is 4.90 Å². The van der Waals surface area contributed by atoms with Gasteiger partial charge in [-0.05, 0) is 49.2 Å². The molecule has 1 fully saturated rings. The molecule has 0 unspecified atom stereocenters. The van der Waals surface area contributed by atoms with Gasteiger partial charge >= 0.3 is 0 Å². The molecule has 0 bridgehead atoms. The Morgan fingerprint density at radius 2 is 1.50 bits per heavy atom. The van der Waals surface area contributed by atoms with E-state index in [-0.39, 0.29) is 12.1 Å². The molecule has 1 saturated carbocycles. The van der Waals surface area contributed by atoms with E-state index < -0.39 is 10.0 Å². The predicted molar refractivity (Wildman–Crippen MR) is 101 cm³/mol. The molecule has 2 aromatic carbocycles. The van der Waals surface area contributed by atoms with Crippen molar-refractivity contribution in [3.8, 4) is 0 Å². The molecular weight excluding hydrogens is 388 g/mol. The van der Waals surface area contributed by atoms with E-state index in [1.165, 1.54) is 0 Å². The second-order valence-corrected chi connectivity index (χ2v) is 8.71. The molecule has 6 heteroatoms. The van der Waals surface area contributed by atoms with Gasteiger partial charge in [-0.15, -0.1) is 0 Å². The van der Waals surface area contributed by atoms with Gasteiger partial charge in [-0.25, -0.2) is 13.1 Å². The molecule has 128 valence electrons. The van der Waals surface area contributed by atoms with Crippen LogP contribution in [0, 0.1) is 0 Å². The number of halogens is 1. The lowest BCUT2D eigenvalue weighted by atomic mass is 9.91. The van der Waals surface area contributed by atoms with Gasteiger partial charge in [-0.3, -0.25) is 0 Å². The average Bonchev–Trinajstić information content (AvgIpc) is 2.59. The number of anilines is 1. The maximum Gasteiger partial charge on any atom is 0.240 e. The summed E-state index contributed by atoms with van der Waals surface area (Å²) in [5.74, 6) is 0. The Labute approximate surface area is 151 Å². The van der Waals surface area contributed by atoms with Crippen molar-refractivity contribution in [2.75, 3.05) is 5.32 Å². The molecule has 4 nitrogen and oxygen atoms in total. The highest BCUT2D eigenvalue weighted by molar-refractivity contribution is 9.10. The molecule has 0 aliphatic heterocycles. The van der Waals surface area contributed by atoms with Crippen LogP contribution >= 0.6 is 15.9 Å². The smallest absolute Gasteiger partial charge is 0.240 e. The standard InChI is InChI=1S/C18H21BrN2O2S/c19-14-10-12-15(13-11-14)20-17-8-4-5-9-18(17)21-24(22,23)16-6-2-1-3-7-16/h1-3,6-7,10-13,17-18,20-21H,4-5,8-9H2/t17-,18-/m0/s1. The van der Waals surface area contributed by atoms with Gasteiger partial charge in [0.05, 0.1) is 4.90 Å². The fraction of sp³-hybridized carbons (Fsp3) is 0.333. The van der Waals surface area contributed by atoms with Crippen molar-refractivity contribution < 1.29 is 8.42 Å². The lowest BCUT2D eigenvalue weighted by molar-refractivity contribution is 0.378. The lowest BCUT2D eigenvalue weighted by Gasteiger charge is -2.33. The Morgan fingerprint density at radius 1 is 0.875 bits per heavy atom. The lowest BCUT2D eigenvalue weighted by Crippen LogP contribution is -2.48. The van der Waals surface area contributed by atoms with Gasteiger partial charge in [0.2, 0.25) is 10.0 Å². The summed E-state index contributed by atoms with van der Waals surface area (Å²) in [5.41, 5.74) is 1.01. The van der Waals surface area contributed by atoms with E-state index >= 15 is 0 Å². The third-order valence-corrected chi connectivity index (χ3v) is 6.36. The first-order valence-corrected chi connectivity index (χ1v) is 10.4. The van der Waals surface area contributed by atoms with Crippen LogP contribution < -0.4 is 10.0 Å². The van der Waals surface area contributed by atoms with Gasteiger partial charge in [-0.2, -0.15) is 0 Å². The molecule has 0 aromatic heterocycles. The molecule has 2 N–H and O–H groups in total. The molecule has 0 radical (unpaired) electrons. The Balaban J connectivity index is 1.74. The minimum atomic E-state index is -3.49. The van der Waals surface area contributed by atoms with Crippen LogP contribution in [0.25, 0.3) is 0 Å². The Hall–Kier alpha value is -1.37. The maximum atomic E-state index is 12.6. The Morgan fingerprint density at radius 3 is 2.17 bits per heavy atom. The molecule has 0 spiro atoms. The number of hydrogen-bond donors (Lipinski definition) is 2. The fourth-order valence-electron chi connectivity index (χ4n) is 3.07. The monoisotopic (exact) mass is 408 g/mol. The first-order valence-electron chi connectivity index (χ1n) is 8.14. The third kappa shape index (κ3) is 4.37. The summed E-state index contributed by atoms with van der Waals surface area (Å²) in [4.78, 5) is 0.318. The van der Waals surface area contributed by atoms with E-state index in [1.807, 2.05) is 30.3 Å². The van der Waals surface area contributed by atoms with Crippen LogP contribution in [0.3, 0.4) is 0 Å². The van der Waals surface area contributed by atoms with Gasteiger partial charge in [0.25, 0.3) is 0 Å². The van der Waals surface area contributed by atoms with Crippen molar-refractivity contribution >= 4 is 31.6 Å². The first kappa shape index (κ1) is 17.5. The zero-order valence-electron chi connectivity index (χ0n) is 13.3. The maximum absolute atomic E-state index is 12.6. The van der Waals surface area contributed by atoms with Crippen molar-refractivity contribution in [3.05, 3.63) is 59.1 Å². The van der Waals surface area contributed by atoms with Crippen LogP contribution in [-0.2, 0) is 10.0 Å². The summed E-state index contributed by atoms with van der Waals surface area (Å²) in [6.07, 6.45) is 3.95. The topological polar surface area (TPSA) is 58.2 Å². The van der Waals surface area contributed by atoms with E-state index in [9.17, 15) is 8.42 Å². The number of hydrogen-bond acceptors (Lipinski definition) is 3. The SMILES string of the molecule is O=S(=O)(N[C@H]1CCCC[C@@H]1Nc1ccc(Br)cc1)c1ccccc1. The molecular formula is C18H21BrN2O2S. The van der Waals surface area contributed by atoms with Crippen molar-refractivity contribution in [2.24, 2.45) is 0 Å². The number of benzene rings is 2. The van der Waals surface area contributed by atoms with Crippen molar-refractivity contribution in [2.45, 2.75) is 42.7 Å². The highest BCUT2D eigenvalue weighted by Crippen LogP contribution is 2.24. The summed E-state index contributed by atoms with van der Waals surface area (Å²) in [6.45, 7) is 0. The minimum absolute atomic E-state index is 0.0958. The molecule has 24 heavy (non-hydrogen) atoms. The molecule has 0 saturated heterocycles. The van der Waals surface area contributed by atoms with Gasteiger partial charge in [0.15, 0.2) is 0 Å². The van der Waals surface area contributed by atoms with Crippen LogP contribution in [0.4, 0.5) is 5.69 Å². The quantitative estimate of drug-likeness (QED) is 0.780. The van der Waals surface area contributed by atoms with E-state index in [4.69, 9.17) is 0 Å². The second kappa shape index (κ2) is 7.68. The van der Waals surface area contributed by atoms with Crippen molar-refractivity contribution in [1.82, 2.24) is 4.72 Å². The average molecular weight is 409 g/mol. The van der Waals surface area contributed by atoms with Crippen molar-refractivity contribution in [1.29, 1.82) is 0 Å². The summed E-state index contributed by atoms with van der Waals surface area (Å²) < 4.78 is 29.1. The highest BCUT2D eigenvalue weighted by Gasteiger charge is 2.29. The van der Waals surface area contributed by atoms with Gasteiger partial charge in [0.1, 0.15) is 0 Å². The van der Waals surface area contributed by atoms with Crippen LogP contribution in [0.5, 0.6) is 0 Å².